The standard InChI is InChI=1S/C8H14N2O2/c1-6-8(4-9(2)5-8)12-7(11)10(6)3/h6H,4-5H2,1-3H3. The number of carbonyl (C=O) groups is 1. The van der Waals surface area contributed by atoms with Crippen molar-refractivity contribution >= 4 is 6.09 Å². The predicted molar refractivity (Wildman–Crippen MR) is 43.9 cm³/mol. The second-order valence-electron chi connectivity index (χ2n) is 3.89. The Hall–Kier alpha value is -0.770. The van der Waals surface area contributed by atoms with Crippen LogP contribution in [0.25, 0.3) is 0 Å². The van der Waals surface area contributed by atoms with Crippen molar-refractivity contribution in [3.05, 3.63) is 0 Å². The third-order valence-electron chi connectivity index (χ3n) is 3.00. The number of amides is 1. The van der Waals surface area contributed by atoms with Crippen LogP contribution in [0.3, 0.4) is 0 Å². The summed E-state index contributed by atoms with van der Waals surface area (Å²) < 4.78 is 5.33. The summed E-state index contributed by atoms with van der Waals surface area (Å²) in [7, 11) is 3.82. The van der Waals surface area contributed by atoms with Gasteiger partial charge in [-0.05, 0) is 14.0 Å². The highest BCUT2D eigenvalue weighted by atomic mass is 16.6. The van der Waals surface area contributed by atoms with Crippen LogP contribution in [0, 0.1) is 0 Å². The predicted octanol–water partition coefficient (Wildman–Crippen LogP) is 0.141. The zero-order chi connectivity index (χ0) is 8.93. The van der Waals surface area contributed by atoms with Gasteiger partial charge in [-0.15, -0.1) is 0 Å². The normalized spacial score (nSPS) is 33.8. The summed E-state index contributed by atoms with van der Waals surface area (Å²) in [6.07, 6.45) is -0.185. The smallest absolute Gasteiger partial charge is 0.410 e. The van der Waals surface area contributed by atoms with E-state index in [1.165, 1.54) is 0 Å². The maximum Gasteiger partial charge on any atom is 0.410 e. The minimum Gasteiger partial charge on any atom is -0.438 e. The van der Waals surface area contributed by atoms with Crippen LogP contribution in [0.1, 0.15) is 6.92 Å². The molecule has 68 valence electrons. The van der Waals surface area contributed by atoms with Crippen molar-refractivity contribution in [3.63, 3.8) is 0 Å². The SMILES string of the molecule is CC1N(C)C(=O)OC12CN(C)C2. The highest BCUT2D eigenvalue weighted by Crippen LogP contribution is 2.35. The van der Waals surface area contributed by atoms with Gasteiger partial charge in [-0.2, -0.15) is 0 Å². The number of likely N-dealkylation sites (N-methyl/N-ethyl adjacent to an activating group) is 2. The van der Waals surface area contributed by atoms with Crippen molar-refractivity contribution in [3.8, 4) is 0 Å². The molecule has 1 amide bonds. The first kappa shape index (κ1) is 7.86. The van der Waals surface area contributed by atoms with E-state index in [1.54, 1.807) is 11.9 Å². The fourth-order valence-electron chi connectivity index (χ4n) is 2.04. The van der Waals surface area contributed by atoms with Gasteiger partial charge in [0.25, 0.3) is 0 Å². The lowest BCUT2D eigenvalue weighted by molar-refractivity contribution is -0.0790. The molecule has 1 spiro atoms. The molecule has 12 heavy (non-hydrogen) atoms. The van der Waals surface area contributed by atoms with E-state index >= 15 is 0 Å². The lowest BCUT2D eigenvalue weighted by atomic mass is 9.88. The van der Waals surface area contributed by atoms with Crippen molar-refractivity contribution in [1.29, 1.82) is 0 Å². The Morgan fingerprint density at radius 3 is 2.42 bits per heavy atom. The van der Waals surface area contributed by atoms with E-state index in [0.29, 0.717) is 0 Å². The molecule has 0 saturated carbocycles. The van der Waals surface area contributed by atoms with Gasteiger partial charge >= 0.3 is 6.09 Å². The van der Waals surface area contributed by atoms with Crippen molar-refractivity contribution < 1.29 is 9.53 Å². The maximum atomic E-state index is 11.2. The summed E-state index contributed by atoms with van der Waals surface area (Å²) in [5.41, 5.74) is -0.208. The lowest BCUT2D eigenvalue weighted by Crippen LogP contribution is -2.65. The monoisotopic (exact) mass is 170 g/mol. The molecule has 2 saturated heterocycles. The van der Waals surface area contributed by atoms with E-state index in [9.17, 15) is 4.79 Å². The summed E-state index contributed by atoms with van der Waals surface area (Å²) in [4.78, 5) is 15.0. The maximum absolute atomic E-state index is 11.2. The Bertz CT molecular complexity index is 223. The third kappa shape index (κ3) is 0.784. The van der Waals surface area contributed by atoms with E-state index in [4.69, 9.17) is 4.74 Å². The molecule has 0 aromatic rings. The van der Waals surface area contributed by atoms with Crippen LogP contribution in [0.2, 0.25) is 0 Å². The van der Waals surface area contributed by atoms with Crippen molar-refractivity contribution in [2.24, 2.45) is 0 Å². The van der Waals surface area contributed by atoms with Crippen LogP contribution < -0.4 is 0 Å². The molecule has 0 bridgehead atoms. The Morgan fingerprint density at radius 2 is 2.08 bits per heavy atom. The van der Waals surface area contributed by atoms with Crippen LogP contribution in [-0.4, -0.2) is 54.7 Å². The molecular formula is C8H14N2O2. The van der Waals surface area contributed by atoms with Crippen LogP contribution in [0.5, 0.6) is 0 Å². The zero-order valence-corrected chi connectivity index (χ0v) is 7.70. The number of nitrogens with zero attached hydrogens (tertiary/aromatic N) is 2. The van der Waals surface area contributed by atoms with E-state index in [0.717, 1.165) is 13.1 Å². The highest BCUT2D eigenvalue weighted by molar-refractivity contribution is 5.71. The second kappa shape index (κ2) is 2.13. The highest BCUT2D eigenvalue weighted by Gasteiger charge is 2.56. The van der Waals surface area contributed by atoms with E-state index < -0.39 is 0 Å². The molecule has 0 aliphatic carbocycles. The first-order valence-corrected chi connectivity index (χ1v) is 4.19. The topological polar surface area (TPSA) is 32.8 Å². The molecule has 2 rings (SSSR count). The minimum atomic E-state index is -0.208. The minimum absolute atomic E-state index is 0.185. The zero-order valence-electron chi connectivity index (χ0n) is 7.70. The molecule has 1 unspecified atom stereocenters. The van der Waals surface area contributed by atoms with Crippen LogP contribution in [0.15, 0.2) is 0 Å². The molecule has 0 N–H and O–H groups in total. The summed E-state index contributed by atoms with van der Waals surface area (Å²) in [6.45, 7) is 3.77. The van der Waals surface area contributed by atoms with Crippen LogP contribution >= 0.6 is 0 Å². The van der Waals surface area contributed by atoms with Gasteiger partial charge in [-0.1, -0.05) is 0 Å². The molecule has 0 aromatic heterocycles. The molecule has 4 heteroatoms. The van der Waals surface area contributed by atoms with Crippen LogP contribution in [0.4, 0.5) is 4.79 Å². The van der Waals surface area contributed by atoms with E-state index in [1.807, 2.05) is 14.0 Å². The van der Waals surface area contributed by atoms with Gasteiger partial charge in [-0.25, -0.2) is 4.79 Å². The number of likely N-dealkylation sites (tertiary alicyclic amines) is 1. The summed E-state index contributed by atoms with van der Waals surface area (Å²) >= 11 is 0. The van der Waals surface area contributed by atoms with Crippen molar-refractivity contribution in [1.82, 2.24) is 9.80 Å². The Balaban J connectivity index is 2.15. The number of carbonyl (C=O) groups excluding carboxylic acids is 1. The van der Waals surface area contributed by atoms with Gasteiger partial charge in [0.1, 0.15) is 0 Å². The fourth-order valence-corrected chi connectivity index (χ4v) is 2.04. The molecule has 2 aliphatic rings. The largest absolute Gasteiger partial charge is 0.438 e. The number of hydrogen-bond donors (Lipinski definition) is 0. The third-order valence-corrected chi connectivity index (χ3v) is 3.00. The number of hydrogen-bond acceptors (Lipinski definition) is 3. The van der Waals surface area contributed by atoms with Gasteiger partial charge in [0, 0.05) is 20.1 Å². The quantitative estimate of drug-likeness (QED) is 0.518. The van der Waals surface area contributed by atoms with E-state index in [-0.39, 0.29) is 17.7 Å². The lowest BCUT2D eigenvalue weighted by Gasteiger charge is -2.46. The van der Waals surface area contributed by atoms with Gasteiger partial charge in [0.2, 0.25) is 0 Å². The van der Waals surface area contributed by atoms with Gasteiger partial charge in [-0.3, -0.25) is 4.90 Å². The van der Waals surface area contributed by atoms with Gasteiger partial charge in [0.05, 0.1) is 6.04 Å². The molecule has 0 aromatic carbocycles. The van der Waals surface area contributed by atoms with Crippen LogP contribution in [-0.2, 0) is 4.74 Å². The van der Waals surface area contributed by atoms with Crippen molar-refractivity contribution in [2.75, 3.05) is 27.2 Å². The molecule has 2 heterocycles. The average Bonchev–Trinajstić information content (AvgIpc) is 2.15. The molecule has 1 atom stereocenters. The Morgan fingerprint density at radius 1 is 1.50 bits per heavy atom. The van der Waals surface area contributed by atoms with Crippen molar-refractivity contribution in [2.45, 2.75) is 18.6 Å². The molecular weight excluding hydrogens is 156 g/mol. The first-order chi connectivity index (χ1) is 5.55. The number of rotatable bonds is 0. The molecule has 2 aliphatic heterocycles. The average molecular weight is 170 g/mol. The summed E-state index contributed by atoms with van der Waals surface area (Å²) in [6, 6.07) is 0.209. The summed E-state index contributed by atoms with van der Waals surface area (Å²) in [5, 5.41) is 0. The molecule has 2 fully saturated rings. The van der Waals surface area contributed by atoms with Gasteiger partial charge < -0.3 is 9.64 Å². The number of ether oxygens (including phenoxy) is 1. The Kier molecular flexibility index (Phi) is 1.39. The molecule has 4 nitrogen and oxygen atoms in total. The summed E-state index contributed by atoms with van der Waals surface area (Å²) in [5.74, 6) is 0. The second-order valence-corrected chi connectivity index (χ2v) is 3.89. The van der Waals surface area contributed by atoms with E-state index in [2.05, 4.69) is 4.90 Å². The fraction of sp³-hybridized carbons (Fsp3) is 0.875. The molecule has 0 radical (unpaired) electrons. The first-order valence-electron chi connectivity index (χ1n) is 4.19. The Labute approximate surface area is 72.1 Å². The van der Waals surface area contributed by atoms with Gasteiger partial charge in [0.15, 0.2) is 5.60 Å².